The molecule has 26 heavy (non-hydrogen) atoms. The van der Waals surface area contributed by atoms with Crippen LogP contribution in [0.5, 0.6) is 0 Å². The number of pyridine rings is 1. The van der Waals surface area contributed by atoms with E-state index in [0.29, 0.717) is 16.8 Å². The third kappa shape index (κ3) is 4.82. The van der Waals surface area contributed by atoms with E-state index in [0.717, 1.165) is 17.8 Å². The maximum atomic E-state index is 12.8. The van der Waals surface area contributed by atoms with Gasteiger partial charge in [0.2, 0.25) is 11.0 Å². The van der Waals surface area contributed by atoms with Gasteiger partial charge in [0.15, 0.2) is 0 Å². The van der Waals surface area contributed by atoms with Crippen molar-refractivity contribution < 1.29 is 18.0 Å². The zero-order valence-electron chi connectivity index (χ0n) is 13.9. The third-order valence-electron chi connectivity index (χ3n) is 3.71. The van der Waals surface area contributed by atoms with Crippen LogP contribution in [-0.2, 0) is 17.5 Å². The predicted octanol–water partition coefficient (Wildman–Crippen LogP) is 3.91. The first-order valence-corrected chi connectivity index (χ1v) is 8.95. The summed E-state index contributed by atoms with van der Waals surface area (Å²) < 4.78 is 39.1. The third-order valence-corrected chi connectivity index (χ3v) is 4.98. The van der Waals surface area contributed by atoms with E-state index >= 15 is 0 Å². The Morgan fingerprint density at radius 3 is 2.58 bits per heavy atom. The van der Waals surface area contributed by atoms with Gasteiger partial charge >= 0.3 is 6.18 Å². The molecule has 0 aliphatic carbocycles. The molecular weight excluding hydrogens is 393 g/mol. The Hall–Kier alpha value is -1.94. The first kappa shape index (κ1) is 20.4. The minimum Gasteiger partial charge on any atom is -0.304 e. The average Bonchev–Trinajstić information content (AvgIpc) is 3.00. The molecule has 2 rings (SSSR count). The number of nitrogens with zero attached hydrogens (tertiary/aromatic N) is 3. The van der Waals surface area contributed by atoms with E-state index in [2.05, 4.69) is 15.5 Å². The Kier molecular flexibility index (Phi) is 6.40. The van der Waals surface area contributed by atoms with Gasteiger partial charge in [-0.25, -0.2) is 0 Å². The van der Waals surface area contributed by atoms with Gasteiger partial charge in [0.25, 0.3) is 5.56 Å². The number of nitrogens with one attached hydrogen (secondary N) is 1. The molecule has 0 saturated carbocycles. The van der Waals surface area contributed by atoms with Crippen molar-refractivity contribution in [2.75, 3.05) is 5.32 Å². The molecule has 0 aliphatic rings. The molecule has 142 valence electrons. The van der Waals surface area contributed by atoms with Crippen LogP contribution in [0.25, 0.3) is 0 Å². The SMILES string of the molecule is CCC(CC)c1nnc(NC(=O)Cn2cc(C(F)(F)F)cc(Cl)c2=O)s1. The average molecular weight is 409 g/mol. The highest BCUT2D eigenvalue weighted by Crippen LogP contribution is 2.30. The second kappa shape index (κ2) is 8.17. The number of hydrogen-bond donors (Lipinski definition) is 1. The van der Waals surface area contributed by atoms with Gasteiger partial charge in [0.1, 0.15) is 16.6 Å². The Morgan fingerprint density at radius 1 is 1.35 bits per heavy atom. The largest absolute Gasteiger partial charge is 0.417 e. The number of carbonyl (C=O) groups excluding carboxylic acids is 1. The molecule has 0 bridgehead atoms. The number of rotatable bonds is 6. The van der Waals surface area contributed by atoms with Crippen LogP contribution in [0.15, 0.2) is 17.1 Å². The standard InChI is InChI=1S/C15H16ClF3N4O2S/c1-3-8(4-2)12-21-22-14(26-12)20-11(24)7-23-6-9(15(17,18)19)5-10(16)13(23)25/h5-6,8H,3-4,7H2,1-2H3,(H,20,22,24). The van der Waals surface area contributed by atoms with E-state index in [4.69, 9.17) is 11.6 Å². The number of amides is 1. The van der Waals surface area contributed by atoms with Crippen molar-refractivity contribution in [3.63, 3.8) is 0 Å². The molecule has 0 unspecified atom stereocenters. The molecule has 0 radical (unpaired) electrons. The molecule has 0 aromatic carbocycles. The van der Waals surface area contributed by atoms with Crippen LogP contribution < -0.4 is 10.9 Å². The molecule has 0 atom stereocenters. The van der Waals surface area contributed by atoms with E-state index in [9.17, 15) is 22.8 Å². The van der Waals surface area contributed by atoms with Crippen LogP contribution in [-0.4, -0.2) is 20.7 Å². The topological polar surface area (TPSA) is 76.9 Å². The highest BCUT2D eigenvalue weighted by molar-refractivity contribution is 7.15. The van der Waals surface area contributed by atoms with Crippen LogP contribution in [0.1, 0.15) is 43.2 Å². The van der Waals surface area contributed by atoms with Gasteiger partial charge in [-0.15, -0.1) is 10.2 Å². The summed E-state index contributed by atoms with van der Waals surface area (Å²) in [5, 5.41) is 10.7. The van der Waals surface area contributed by atoms with Gasteiger partial charge in [-0.1, -0.05) is 36.8 Å². The van der Waals surface area contributed by atoms with Crippen LogP contribution in [0, 0.1) is 0 Å². The van der Waals surface area contributed by atoms with Gasteiger partial charge in [0, 0.05) is 12.1 Å². The number of anilines is 1. The minimum atomic E-state index is -4.68. The molecule has 6 nitrogen and oxygen atoms in total. The van der Waals surface area contributed by atoms with E-state index in [1.165, 1.54) is 11.3 Å². The number of alkyl halides is 3. The molecule has 2 aromatic rings. The summed E-state index contributed by atoms with van der Waals surface area (Å²) in [4.78, 5) is 23.9. The van der Waals surface area contributed by atoms with Crippen molar-refractivity contribution in [1.82, 2.24) is 14.8 Å². The first-order chi connectivity index (χ1) is 12.2. The van der Waals surface area contributed by atoms with Crippen LogP contribution >= 0.6 is 22.9 Å². The van der Waals surface area contributed by atoms with Crippen LogP contribution in [0.3, 0.4) is 0 Å². The van der Waals surface area contributed by atoms with Crippen molar-refractivity contribution in [2.45, 2.75) is 45.3 Å². The van der Waals surface area contributed by atoms with Crippen LogP contribution in [0.4, 0.5) is 18.3 Å². The Morgan fingerprint density at radius 2 is 2.00 bits per heavy atom. The Labute approximate surface area is 156 Å². The Balaban J connectivity index is 2.16. The molecule has 0 saturated heterocycles. The summed E-state index contributed by atoms with van der Waals surface area (Å²) in [6.45, 7) is 3.40. The molecule has 0 aliphatic heterocycles. The Bertz CT molecular complexity index is 846. The molecule has 2 heterocycles. The second-order valence-electron chi connectivity index (χ2n) is 5.51. The predicted molar refractivity (Wildman–Crippen MR) is 92.6 cm³/mol. The number of aromatic nitrogens is 3. The molecule has 1 N–H and O–H groups in total. The second-order valence-corrected chi connectivity index (χ2v) is 6.93. The number of carbonyl (C=O) groups is 1. The lowest BCUT2D eigenvalue weighted by Gasteiger charge is -2.11. The fraction of sp³-hybridized carbons (Fsp3) is 0.467. The van der Waals surface area contributed by atoms with Gasteiger partial charge in [-0.2, -0.15) is 13.2 Å². The maximum absolute atomic E-state index is 12.8. The van der Waals surface area contributed by atoms with Crippen molar-refractivity contribution in [3.05, 3.63) is 38.2 Å². The first-order valence-electron chi connectivity index (χ1n) is 7.76. The van der Waals surface area contributed by atoms with E-state index in [-0.39, 0.29) is 11.0 Å². The van der Waals surface area contributed by atoms with Crippen molar-refractivity contribution in [3.8, 4) is 0 Å². The molecule has 2 aromatic heterocycles. The normalized spacial score (nSPS) is 11.8. The van der Waals surface area contributed by atoms with Gasteiger partial charge < -0.3 is 4.57 Å². The molecule has 11 heteroatoms. The van der Waals surface area contributed by atoms with E-state index < -0.39 is 34.8 Å². The summed E-state index contributed by atoms with van der Waals surface area (Å²) in [5.74, 6) is -0.474. The zero-order valence-corrected chi connectivity index (χ0v) is 15.5. The molecular formula is C15H16ClF3N4O2S. The fourth-order valence-corrected chi connectivity index (χ4v) is 3.53. The van der Waals surface area contributed by atoms with Crippen LogP contribution in [0.2, 0.25) is 5.02 Å². The van der Waals surface area contributed by atoms with E-state index in [1.807, 2.05) is 13.8 Å². The molecule has 0 fully saturated rings. The van der Waals surface area contributed by atoms with Crippen molar-refractivity contribution >= 4 is 34.0 Å². The smallest absolute Gasteiger partial charge is 0.304 e. The highest BCUT2D eigenvalue weighted by Gasteiger charge is 2.32. The van der Waals surface area contributed by atoms with E-state index in [1.54, 1.807) is 0 Å². The summed E-state index contributed by atoms with van der Waals surface area (Å²) in [7, 11) is 0. The van der Waals surface area contributed by atoms with Crippen molar-refractivity contribution in [1.29, 1.82) is 0 Å². The monoisotopic (exact) mass is 408 g/mol. The lowest BCUT2D eigenvalue weighted by atomic mass is 10.1. The summed E-state index contributed by atoms with van der Waals surface area (Å²) >= 11 is 6.75. The number of hydrogen-bond acceptors (Lipinski definition) is 5. The maximum Gasteiger partial charge on any atom is 0.417 e. The van der Waals surface area contributed by atoms with Crippen molar-refractivity contribution in [2.24, 2.45) is 0 Å². The summed E-state index contributed by atoms with van der Waals surface area (Å²) in [5.41, 5.74) is -1.99. The lowest BCUT2D eigenvalue weighted by Crippen LogP contribution is -2.29. The summed E-state index contributed by atoms with van der Waals surface area (Å²) in [6, 6.07) is 0.533. The minimum absolute atomic E-state index is 0.225. The summed E-state index contributed by atoms with van der Waals surface area (Å²) in [6.07, 6.45) is -2.38. The fourth-order valence-electron chi connectivity index (χ4n) is 2.27. The van der Waals surface area contributed by atoms with Gasteiger partial charge in [-0.05, 0) is 18.9 Å². The van der Waals surface area contributed by atoms with Gasteiger partial charge in [-0.3, -0.25) is 14.9 Å². The number of halogens is 4. The highest BCUT2D eigenvalue weighted by atomic mass is 35.5. The zero-order chi connectivity index (χ0) is 19.5. The quantitative estimate of drug-likeness (QED) is 0.786. The molecule has 0 spiro atoms. The molecule has 1 amide bonds. The van der Waals surface area contributed by atoms with Gasteiger partial charge in [0.05, 0.1) is 5.56 Å². The lowest BCUT2D eigenvalue weighted by molar-refractivity contribution is -0.138.